The first-order valence-electron chi connectivity index (χ1n) is 9.46. The summed E-state index contributed by atoms with van der Waals surface area (Å²) in [6, 6.07) is 7.95. The molecule has 5 rings (SSSR count). The van der Waals surface area contributed by atoms with Crippen LogP contribution in [-0.4, -0.2) is 53.0 Å². The van der Waals surface area contributed by atoms with Gasteiger partial charge in [-0.05, 0) is 55.2 Å². The summed E-state index contributed by atoms with van der Waals surface area (Å²) in [5.41, 5.74) is 1.60. The van der Waals surface area contributed by atoms with E-state index in [2.05, 4.69) is 9.80 Å². The van der Waals surface area contributed by atoms with Gasteiger partial charge in [-0.2, -0.15) is 0 Å². The van der Waals surface area contributed by atoms with Crippen LogP contribution in [0.4, 0.5) is 0 Å². The Hall–Kier alpha value is -1.39. The molecule has 130 valence electrons. The van der Waals surface area contributed by atoms with Crippen LogP contribution >= 0.6 is 0 Å². The molecule has 4 fully saturated rings. The summed E-state index contributed by atoms with van der Waals surface area (Å²) in [4.78, 5) is 17.7. The lowest BCUT2D eigenvalue weighted by molar-refractivity contribution is 0.0717. The third-order valence-corrected chi connectivity index (χ3v) is 6.22. The lowest BCUT2D eigenvalue weighted by Crippen LogP contribution is -2.47. The Morgan fingerprint density at radius 1 is 1.04 bits per heavy atom. The molecule has 0 spiro atoms. The Morgan fingerprint density at radius 3 is 2.50 bits per heavy atom. The fourth-order valence-electron chi connectivity index (χ4n) is 4.51. The second kappa shape index (κ2) is 6.85. The van der Waals surface area contributed by atoms with Gasteiger partial charge >= 0.3 is 0 Å². The Kier molecular flexibility index (Phi) is 4.59. The zero-order chi connectivity index (χ0) is 16.5. The Bertz CT molecular complexity index is 582. The average Bonchev–Trinajstić information content (AvgIpc) is 2.89. The number of aliphatic hydroxyl groups excluding tert-OH is 1. The molecule has 24 heavy (non-hydrogen) atoms. The van der Waals surface area contributed by atoms with E-state index in [1.807, 2.05) is 24.3 Å². The van der Waals surface area contributed by atoms with Gasteiger partial charge in [0.15, 0.2) is 0 Å². The third-order valence-electron chi connectivity index (χ3n) is 6.22. The van der Waals surface area contributed by atoms with Crippen LogP contribution in [0.25, 0.3) is 0 Å². The van der Waals surface area contributed by atoms with Crippen molar-refractivity contribution < 1.29 is 9.90 Å². The Morgan fingerprint density at radius 2 is 1.83 bits per heavy atom. The molecule has 0 unspecified atom stereocenters. The molecule has 4 aliphatic rings. The molecular weight excluding hydrogens is 300 g/mol. The SMILES string of the molecule is O=C(c1ccc(CO)cc1)N1C[C@H]2CC[C@@H](C1)N(CC1CCC1)C2. The van der Waals surface area contributed by atoms with Gasteiger partial charge < -0.3 is 10.0 Å². The normalized spacial score (nSPS) is 27.8. The smallest absolute Gasteiger partial charge is 0.253 e. The monoisotopic (exact) mass is 328 g/mol. The average molecular weight is 328 g/mol. The number of fused-ring (bicyclic) bond motifs is 4. The lowest BCUT2D eigenvalue weighted by Gasteiger charge is -2.40. The fraction of sp³-hybridized carbons (Fsp3) is 0.650. The maximum Gasteiger partial charge on any atom is 0.253 e. The van der Waals surface area contributed by atoms with Gasteiger partial charge in [-0.25, -0.2) is 0 Å². The molecule has 2 bridgehead atoms. The van der Waals surface area contributed by atoms with Crippen molar-refractivity contribution in [3.63, 3.8) is 0 Å². The first kappa shape index (κ1) is 16.1. The van der Waals surface area contributed by atoms with Crippen LogP contribution in [0, 0.1) is 11.8 Å². The number of hydrogen-bond acceptors (Lipinski definition) is 3. The largest absolute Gasteiger partial charge is 0.392 e. The van der Waals surface area contributed by atoms with Gasteiger partial charge in [0.2, 0.25) is 0 Å². The van der Waals surface area contributed by atoms with Gasteiger partial charge in [0.1, 0.15) is 0 Å². The summed E-state index contributed by atoms with van der Waals surface area (Å²) in [5, 5.41) is 9.16. The van der Waals surface area contributed by atoms with Gasteiger partial charge in [0.25, 0.3) is 5.91 Å². The van der Waals surface area contributed by atoms with Crippen LogP contribution < -0.4 is 0 Å². The van der Waals surface area contributed by atoms with Crippen LogP contribution in [0.3, 0.4) is 0 Å². The van der Waals surface area contributed by atoms with Gasteiger partial charge in [-0.3, -0.25) is 9.69 Å². The second-order valence-electron chi connectivity index (χ2n) is 7.91. The highest BCUT2D eigenvalue weighted by Crippen LogP contribution is 2.33. The maximum absolute atomic E-state index is 12.9. The second-order valence-corrected chi connectivity index (χ2v) is 7.91. The highest BCUT2D eigenvalue weighted by atomic mass is 16.3. The number of carbonyl (C=O) groups excluding carboxylic acids is 1. The van der Waals surface area contributed by atoms with Crippen molar-refractivity contribution in [3.8, 4) is 0 Å². The van der Waals surface area contributed by atoms with E-state index in [-0.39, 0.29) is 12.5 Å². The molecule has 1 amide bonds. The number of amides is 1. The zero-order valence-electron chi connectivity index (χ0n) is 14.4. The summed E-state index contributed by atoms with van der Waals surface area (Å²) in [6.07, 6.45) is 6.70. The molecular formula is C20H28N2O2. The van der Waals surface area contributed by atoms with Gasteiger partial charge in [-0.1, -0.05) is 18.6 Å². The van der Waals surface area contributed by atoms with E-state index >= 15 is 0 Å². The molecule has 1 saturated carbocycles. The number of benzene rings is 1. The van der Waals surface area contributed by atoms with Crippen molar-refractivity contribution >= 4 is 5.91 Å². The van der Waals surface area contributed by atoms with Crippen LogP contribution in [0.1, 0.15) is 48.0 Å². The molecule has 0 radical (unpaired) electrons. The number of rotatable bonds is 4. The van der Waals surface area contributed by atoms with E-state index in [1.165, 1.54) is 45.2 Å². The van der Waals surface area contributed by atoms with E-state index < -0.39 is 0 Å². The minimum absolute atomic E-state index is 0.0262. The van der Waals surface area contributed by atoms with Crippen molar-refractivity contribution in [2.75, 3.05) is 26.2 Å². The molecule has 3 saturated heterocycles. The molecule has 4 heteroatoms. The van der Waals surface area contributed by atoms with Crippen molar-refractivity contribution in [1.82, 2.24) is 9.80 Å². The molecule has 3 aliphatic heterocycles. The van der Waals surface area contributed by atoms with Crippen LogP contribution in [0.5, 0.6) is 0 Å². The van der Waals surface area contributed by atoms with E-state index in [0.29, 0.717) is 12.0 Å². The summed E-state index contributed by atoms with van der Waals surface area (Å²) in [7, 11) is 0. The Labute approximate surface area is 144 Å². The first-order valence-corrected chi connectivity index (χ1v) is 9.46. The van der Waals surface area contributed by atoms with Gasteiger partial charge in [0, 0.05) is 37.8 Å². The lowest BCUT2D eigenvalue weighted by atomic mass is 9.83. The van der Waals surface area contributed by atoms with E-state index in [0.717, 1.165) is 30.1 Å². The third kappa shape index (κ3) is 3.22. The van der Waals surface area contributed by atoms with Gasteiger partial charge in [0.05, 0.1) is 6.61 Å². The van der Waals surface area contributed by atoms with Crippen molar-refractivity contribution in [3.05, 3.63) is 35.4 Å². The number of nitrogens with zero attached hydrogens (tertiary/aromatic N) is 2. The first-order chi connectivity index (χ1) is 11.7. The molecule has 1 N–H and O–H groups in total. The van der Waals surface area contributed by atoms with E-state index in [4.69, 9.17) is 5.11 Å². The van der Waals surface area contributed by atoms with Crippen molar-refractivity contribution in [2.45, 2.75) is 44.8 Å². The summed E-state index contributed by atoms with van der Waals surface area (Å²) < 4.78 is 0. The van der Waals surface area contributed by atoms with Crippen molar-refractivity contribution in [1.29, 1.82) is 0 Å². The number of piperidine rings is 1. The quantitative estimate of drug-likeness (QED) is 0.924. The highest BCUT2D eigenvalue weighted by Gasteiger charge is 2.37. The van der Waals surface area contributed by atoms with Crippen LogP contribution in [0.15, 0.2) is 24.3 Å². The molecule has 1 aromatic carbocycles. The number of carbonyl (C=O) groups is 1. The minimum Gasteiger partial charge on any atom is -0.392 e. The van der Waals surface area contributed by atoms with Gasteiger partial charge in [-0.15, -0.1) is 0 Å². The molecule has 2 atom stereocenters. The van der Waals surface area contributed by atoms with Crippen LogP contribution in [0.2, 0.25) is 0 Å². The summed E-state index contributed by atoms with van der Waals surface area (Å²) >= 11 is 0. The summed E-state index contributed by atoms with van der Waals surface area (Å²) in [5.74, 6) is 1.69. The van der Waals surface area contributed by atoms with E-state index in [9.17, 15) is 4.79 Å². The maximum atomic E-state index is 12.9. The predicted molar refractivity (Wildman–Crippen MR) is 93.7 cm³/mol. The number of aliphatic hydroxyl groups is 1. The molecule has 4 nitrogen and oxygen atoms in total. The molecule has 0 aromatic heterocycles. The van der Waals surface area contributed by atoms with Crippen molar-refractivity contribution in [2.24, 2.45) is 11.8 Å². The standard InChI is InChI=1S/C20H28N2O2/c23-14-16-4-7-18(8-5-16)20(24)22-12-17-6-9-19(13-22)21(11-17)10-15-2-1-3-15/h4-5,7-8,15,17,19,23H,1-3,6,9-14H2/t17-,19-/m0/s1. The highest BCUT2D eigenvalue weighted by molar-refractivity contribution is 5.94. The van der Waals surface area contributed by atoms with E-state index in [1.54, 1.807) is 0 Å². The fourth-order valence-corrected chi connectivity index (χ4v) is 4.51. The molecule has 1 aromatic rings. The minimum atomic E-state index is 0.0262. The number of hydrogen-bond donors (Lipinski definition) is 1. The van der Waals surface area contributed by atoms with Crippen LogP contribution in [-0.2, 0) is 6.61 Å². The summed E-state index contributed by atoms with van der Waals surface area (Å²) in [6.45, 7) is 4.23. The topological polar surface area (TPSA) is 43.8 Å². The molecule has 1 aliphatic carbocycles. The Balaban J connectivity index is 1.45. The predicted octanol–water partition coefficient (Wildman–Crippen LogP) is 2.52. The molecule has 3 heterocycles. The zero-order valence-corrected chi connectivity index (χ0v) is 14.4.